The molecule has 0 aliphatic rings. The quantitative estimate of drug-likeness (QED) is 0.0222. The summed E-state index contributed by atoms with van der Waals surface area (Å²) in [5, 5.41) is 10.6. The van der Waals surface area contributed by atoms with Gasteiger partial charge in [0.2, 0.25) is 0 Å². The Labute approximate surface area is 613 Å². The van der Waals surface area contributed by atoms with Crippen molar-refractivity contribution in [1.82, 2.24) is 0 Å². The SMILES string of the molecule is CCCCCCCCCCCCCCCCCCCC(=O)OC[C@H](COP(=O)(O)OC[C@@H](O)COP(=O)(O)OC[C@@H](COC(=O)CCCCCCCCCCCCCC)OC(=O)CCCCCCCCCCCCC(C)CC)OC(=O)CCCCCCCCCCCCCCCCC(C)C. The molecule has 0 bridgehead atoms. The van der Waals surface area contributed by atoms with E-state index in [0.717, 1.165) is 102 Å². The van der Waals surface area contributed by atoms with Gasteiger partial charge in [-0.25, -0.2) is 9.13 Å². The van der Waals surface area contributed by atoms with Gasteiger partial charge >= 0.3 is 39.5 Å². The summed E-state index contributed by atoms with van der Waals surface area (Å²) in [7, 11) is -9.92. The first kappa shape index (κ1) is 98.1. The average molecular weight is 1470 g/mol. The van der Waals surface area contributed by atoms with Crippen molar-refractivity contribution < 1.29 is 80.2 Å². The topological polar surface area (TPSA) is 237 Å². The van der Waals surface area contributed by atoms with E-state index in [1.807, 2.05) is 0 Å². The Bertz CT molecular complexity index is 1930. The Hall–Kier alpha value is -1.94. The Morgan fingerprint density at radius 1 is 0.290 bits per heavy atom. The van der Waals surface area contributed by atoms with Gasteiger partial charge in [-0.1, -0.05) is 375 Å². The zero-order chi connectivity index (χ0) is 73.5. The van der Waals surface area contributed by atoms with Gasteiger partial charge in [0.1, 0.15) is 19.3 Å². The van der Waals surface area contributed by atoms with E-state index in [-0.39, 0.29) is 25.7 Å². The molecule has 0 aromatic heterocycles. The third-order valence-corrected chi connectivity index (χ3v) is 21.2. The number of ether oxygens (including phenoxy) is 4. The summed E-state index contributed by atoms with van der Waals surface area (Å²) in [4.78, 5) is 73.1. The van der Waals surface area contributed by atoms with Crippen LogP contribution < -0.4 is 0 Å². The number of aliphatic hydroxyl groups is 1. The van der Waals surface area contributed by atoms with Crippen molar-refractivity contribution in [3.63, 3.8) is 0 Å². The van der Waals surface area contributed by atoms with Gasteiger partial charge in [0, 0.05) is 25.7 Å². The van der Waals surface area contributed by atoms with Crippen LogP contribution in [0.5, 0.6) is 0 Å². The van der Waals surface area contributed by atoms with E-state index in [2.05, 4.69) is 41.5 Å². The van der Waals surface area contributed by atoms with E-state index < -0.39 is 97.5 Å². The molecule has 0 fully saturated rings. The molecular weight excluding hydrogens is 1310 g/mol. The Kier molecular flexibility index (Phi) is 71.2. The summed E-state index contributed by atoms with van der Waals surface area (Å²) in [5.74, 6) is -0.508. The van der Waals surface area contributed by atoms with Crippen LogP contribution in [0.4, 0.5) is 0 Å². The standard InChI is InChI=1S/C81H158O17P2/c1-7-10-12-14-16-18-20-22-23-24-25-29-33-40-46-52-58-64-79(84)92-69-76(97-80(85)65-59-53-47-41-34-30-27-26-28-31-37-43-49-55-61-73(4)5)71-95-99(87,88)93-67-75(82)68-94-100(89,90)96-72-77(70-91-78(83)63-57-51-45-39-32-21-19-17-15-13-11-8-2)98-81(86)66-60-54-48-42-36-35-38-44-50-56-62-74(6)9-3/h73-77,82H,7-72H2,1-6H3,(H,87,88)(H,89,90)/t74?,75-,76-,77-/m1/s1. The first-order valence-corrected chi connectivity index (χ1v) is 45.0. The van der Waals surface area contributed by atoms with Gasteiger partial charge in [0.05, 0.1) is 26.4 Å². The molecule has 0 saturated heterocycles. The van der Waals surface area contributed by atoms with Crippen molar-refractivity contribution in [2.24, 2.45) is 11.8 Å². The van der Waals surface area contributed by atoms with Crippen molar-refractivity contribution in [2.75, 3.05) is 39.6 Å². The molecule has 17 nitrogen and oxygen atoms in total. The van der Waals surface area contributed by atoms with Crippen LogP contribution in [0, 0.1) is 11.8 Å². The summed E-state index contributed by atoms with van der Waals surface area (Å²) in [5.41, 5.74) is 0. The molecule has 0 spiro atoms. The highest BCUT2D eigenvalue weighted by molar-refractivity contribution is 7.47. The molecule has 0 aromatic carbocycles. The van der Waals surface area contributed by atoms with Crippen molar-refractivity contribution in [3.05, 3.63) is 0 Å². The fourth-order valence-corrected chi connectivity index (χ4v) is 14.1. The number of hydrogen-bond donors (Lipinski definition) is 3. The molecule has 19 heteroatoms. The van der Waals surface area contributed by atoms with Crippen LogP contribution in [0.3, 0.4) is 0 Å². The number of esters is 4. The van der Waals surface area contributed by atoms with Gasteiger partial charge < -0.3 is 33.8 Å². The number of phosphoric acid groups is 2. The van der Waals surface area contributed by atoms with Gasteiger partial charge in [-0.05, 0) is 37.5 Å². The third-order valence-electron chi connectivity index (χ3n) is 19.3. The fraction of sp³-hybridized carbons (Fsp3) is 0.951. The lowest BCUT2D eigenvalue weighted by molar-refractivity contribution is -0.161. The second kappa shape index (κ2) is 72.6. The van der Waals surface area contributed by atoms with Crippen LogP contribution in [0.2, 0.25) is 0 Å². The number of carbonyl (C=O) groups excluding carboxylic acids is 4. The van der Waals surface area contributed by atoms with Crippen LogP contribution in [-0.2, 0) is 65.4 Å². The number of unbranched alkanes of at least 4 members (excludes halogenated alkanes) is 49. The van der Waals surface area contributed by atoms with Gasteiger partial charge in [0.25, 0.3) is 0 Å². The van der Waals surface area contributed by atoms with Gasteiger partial charge in [-0.15, -0.1) is 0 Å². The average Bonchev–Trinajstić information content (AvgIpc) is 2.63. The van der Waals surface area contributed by atoms with E-state index in [1.165, 1.54) is 244 Å². The van der Waals surface area contributed by atoms with Gasteiger partial charge in [-0.3, -0.25) is 37.3 Å². The van der Waals surface area contributed by atoms with Crippen molar-refractivity contribution >= 4 is 39.5 Å². The molecule has 3 N–H and O–H groups in total. The maximum atomic E-state index is 13.1. The molecule has 100 heavy (non-hydrogen) atoms. The summed E-state index contributed by atoms with van der Waals surface area (Å²) >= 11 is 0. The Morgan fingerprint density at radius 2 is 0.510 bits per heavy atom. The first-order valence-electron chi connectivity index (χ1n) is 42.0. The number of carbonyl (C=O) groups is 4. The smallest absolute Gasteiger partial charge is 0.462 e. The maximum absolute atomic E-state index is 13.1. The summed E-state index contributed by atoms with van der Waals surface area (Å²) in [6.07, 6.45) is 62.2. The highest BCUT2D eigenvalue weighted by atomic mass is 31.2. The molecule has 0 heterocycles. The molecule has 0 rings (SSSR count). The summed E-state index contributed by atoms with van der Waals surface area (Å²) < 4.78 is 68.8. The summed E-state index contributed by atoms with van der Waals surface area (Å²) in [6.45, 7) is 9.69. The van der Waals surface area contributed by atoms with Crippen LogP contribution >= 0.6 is 15.6 Å². The number of phosphoric ester groups is 2. The van der Waals surface area contributed by atoms with Crippen molar-refractivity contribution in [2.45, 2.75) is 445 Å². The maximum Gasteiger partial charge on any atom is 0.472 e. The minimum atomic E-state index is -4.96. The summed E-state index contributed by atoms with van der Waals surface area (Å²) in [6, 6.07) is 0. The lowest BCUT2D eigenvalue weighted by Gasteiger charge is -2.21. The lowest BCUT2D eigenvalue weighted by Crippen LogP contribution is -2.30. The molecule has 0 aliphatic heterocycles. The van der Waals surface area contributed by atoms with Crippen molar-refractivity contribution in [1.29, 1.82) is 0 Å². The van der Waals surface area contributed by atoms with Gasteiger partial charge in [0.15, 0.2) is 12.2 Å². The molecule has 0 radical (unpaired) electrons. The fourth-order valence-electron chi connectivity index (χ4n) is 12.5. The lowest BCUT2D eigenvalue weighted by atomic mass is 9.99. The minimum Gasteiger partial charge on any atom is -0.462 e. The van der Waals surface area contributed by atoms with E-state index in [0.29, 0.717) is 25.7 Å². The highest BCUT2D eigenvalue weighted by Gasteiger charge is 2.30. The number of aliphatic hydroxyl groups excluding tert-OH is 1. The monoisotopic (exact) mass is 1470 g/mol. The van der Waals surface area contributed by atoms with E-state index in [1.54, 1.807) is 0 Å². The largest absolute Gasteiger partial charge is 0.472 e. The predicted octanol–water partition coefficient (Wildman–Crippen LogP) is 24.3. The Balaban J connectivity index is 5.26. The minimum absolute atomic E-state index is 0.107. The molecule has 0 aliphatic carbocycles. The molecule has 6 atom stereocenters. The normalized spacial score (nSPS) is 14.2. The number of hydrogen-bond acceptors (Lipinski definition) is 15. The molecule has 3 unspecified atom stereocenters. The Morgan fingerprint density at radius 3 is 0.760 bits per heavy atom. The second-order valence-corrected chi connectivity index (χ2v) is 32.8. The highest BCUT2D eigenvalue weighted by Crippen LogP contribution is 2.45. The third kappa shape index (κ3) is 73.0. The zero-order valence-electron chi connectivity index (χ0n) is 65.5. The van der Waals surface area contributed by atoms with E-state index in [9.17, 15) is 43.2 Å². The molecule has 0 saturated carbocycles. The number of rotatable bonds is 80. The predicted molar refractivity (Wildman–Crippen MR) is 409 cm³/mol. The van der Waals surface area contributed by atoms with Crippen LogP contribution in [0.15, 0.2) is 0 Å². The van der Waals surface area contributed by atoms with Crippen molar-refractivity contribution in [3.8, 4) is 0 Å². The molecule has 0 amide bonds. The van der Waals surface area contributed by atoms with Crippen LogP contribution in [0.25, 0.3) is 0 Å². The second-order valence-electron chi connectivity index (χ2n) is 29.9. The van der Waals surface area contributed by atoms with Crippen LogP contribution in [-0.4, -0.2) is 96.7 Å². The van der Waals surface area contributed by atoms with E-state index >= 15 is 0 Å². The zero-order valence-corrected chi connectivity index (χ0v) is 67.3. The van der Waals surface area contributed by atoms with E-state index in [4.69, 9.17) is 37.0 Å². The molecule has 0 aromatic rings. The molecular formula is C81H158O17P2. The van der Waals surface area contributed by atoms with Gasteiger partial charge in [-0.2, -0.15) is 0 Å². The first-order chi connectivity index (χ1) is 48.4. The van der Waals surface area contributed by atoms with Crippen LogP contribution in [0.1, 0.15) is 427 Å². The molecule has 594 valence electrons.